The van der Waals surface area contributed by atoms with E-state index in [1.165, 1.54) is 17.7 Å². The molecule has 1 heterocycles. The lowest BCUT2D eigenvalue weighted by Gasteiger charge is -2.25. The molecule has 0 radical (unpaired) electrons. The number of carbonyl (C=O) groups excluding carboxylic acids is 1. The van der Waals surface area contributed by atoms with Gasteiger partial charge in [0.25, 0.3) is 0 Å². The highest BCUT2D eigenvalue weighted by molar-refractivity contribution is 5.92. The van der Waals surface area contributed by atoms with E-state index >= 15 is 0 Å². The van der Waals surface area contributed by atoms with Crippen LogP contribution in [0, 0.1) is 0 Å². The molecular formula is C17H19N3O. The highest BCUT2D eigenvalue weighted by Gasteiger charge is 2.20. The van der Waals surface area contributed by atoms with Crippen molar-refractivity contribution in [2.24, 2.45) is 5.73 Å². The van der Waals surface area contributed by atoms with E-state index in [1.807, 2.05) is 24.4 Å². The van der Waals surface area contributed by atoms with Crippen LogP contribution in [0.15, 0.2) is 42.6 Å². The first-order valence-electron chi connectivity index (χ1n) is 7.30. The summed E-state index contributed by atoms with van der Waals surface area (Å²) in [6, 6.07) is 11.9. The SMILES string of the molecule is NC(=O)c1ccc(CNC2CCCc3cccnc32)cc1. The third-order valence-corrected chi connectivity index (χ3v) is 3.99. The monoisotopic (exact) mass is 281 g/mol. The van der Waals surface area contributed by atoms with E-state index in [2.05, 4.69) is 16.4 Å². The number of aryl methyl sites for hydroxylation is 1. The van der Waals surface area contributed by atoms with Crippen LogP contribution in [-0.4, -0.2) is 10.9 Å². The summed E-state index contributed by atoms with van der Waals surface area (Å²) in [6.45, 7) is 0.764. The van der Waals surface area contributed by atoms with Gasteiger partial charge in [0.2, 0.25) is 5.91 Å². The molecule has 1 aliphatic carbocycles. The van der Waals surface area contributed by atoms with Crippen LogP contribution in [0.3, 0.4) is 0 Å². The summed E-state index contributed by atoms with van der Waals surface area (Å²) in [7, 11) is 0. The van der Waals surface area contributed by atoms with Crippen molar-refractivity contribution < 1.29 is 4.79 Å². The number of hydrogen-bond acceptors (Lipinski definition) is 3. The zero-order chi connectivity index (χ0) is 14.7. The molecule has 3 N–H and O–H groups in total. The number of fused-ring (bicyclic) bond motifs is 1. The number of pyridine rings is 1. The second-order valence-electron chi connectivity index (χ2n) is 5.43. The van der Waals surface area contributed by atoms with E-state index in [9.17, 15) is 4.79 Å². The fourth-order valence-corrected chi connectivity index (χ4v) is 2.84. The van der Waals surface area contributed by atoms with E-state index in [-0.39, 0.29) is 5.91 Å². The van der Waals surface area contributed by atoms with Crippen molar-refractivity contribution in [2.75, 3.05) is 0 Å². The van der Waals surface area contributed by atoms with Crippen LogP contribution in [0.5, 0.6) is 0 Å². The molecule has 108 valence electrons. The summed E-state index contributed by atoms with van der Waals surface area (Å²) < 4.78 is 0. The average Bonchev–Trinajstić information content (AvgIpc) is 2.53. The number of nitrogens with one attached hydrogen (secondary N) is 1. The molecule has 1 atom stereocenters. The molecule has 0 saturated carbocycles. The van der Waals surface area contributed by atoms with Gasteiger partial charge in [0.1, 0.15) is 0 Å². The second-order valence-corrected chi connectivity index (χ2v) is 5.43. The Kier molecular flexibility index (Phi) is 3.97. The lowest BCUT2D eigenvalue weighted by Crippen LogP contribution is -2.25. The molecular weight excluding hydrogens is 262 g/mol. The van der Waals surface area contributed by atoms with Gasteiger partial charge in [-0.1, -0.05) is 18.2 Å². The first-order chi connectivity index (χ1) is 10.2. The van der Waals surface area contributed by atoms with Crippen molar-refractivity contribution in [1.29, 1.82) is 0 Å². The van der Waals surface area contributed by atoms with Crippen molar-refractivity contribution in [3.8, 4) is 0 Å². The third kappa shape index (κ3) is 3.11. The van der Waals surface area contributed by atoms with Crippen LogP contribution >= 0.6 is 0 Å². The van der Waals surface area contributed by atoms with E-state index in [1.54, 1.807) is 12.1 Å². The van der Waals surface area contributed by atoms with Gasteiger partial charge in [0.05, 0.1) is 11.7 Å². The lowest BCUT2D eigenvalue weighted by molar-refractivity contribution is 0.100. The summed E-state index contributed by atoms with van der Waals surface area (Å²) in [5.41, 5.74) is 9.46. The maximum Gasteiger partial charge on any atom is 0.248 e. The molecule has 4 heteroatoms. The Labute approximate surface area is 124 Å². The summed E-state index contributed by atoms with van der Waals surface area (Å²) in [5, 5.41) is 3.56. The number of nitrogens with zero attached hydrogens (tertiary/aromatic N) is 1. The van der Waals surface area contributed by atoms with Crippen LogP contribution in [0.2, 0.25) is 0 Å². The molecule has 0 saturated heterocycles. The molecule has 3 rings (SSSR count). The van der Waals surface area contributed by atoms with Crippen LogP contribution in [0.25, 0.3) is 0 Å². The quantitative estimate of drug-likeness (QED) is 0.904. The fraction of sp³-hybridized carbons (Fsp3) is 0.294. The van der Waals surface area contributed by atoms with Gasteiger partial charge in [-0.2, -0.15) is 0 Å². The van der Waals surface area contributed by atoms with Gasteiger partial charge in [-0.25, -0.2) is 0 Å². The highest BCUT2D eigenvalue weighted by Crippen LogP contribution is 2.27. The maximum atomic E-state index is 11.1. The molecule has 1 aromatic heterocycles. The number of aromatic nitrogens is 1. The Morgan fingerprint density at radius 3 is 2.86 bits per heavy atom. The molecule has 1 unspecified atom stereocenters. The summed E-state index contributed by atoms with van der Waals surface area (Å²) in [6.07, 6.45) is 5.29. The normalized spacial score (nSPS) is 17.2. The van der Waals surface area contributed by atoms with Crippen LogP contribution in [0.1, 0.15) is 46.1 Å². The lowest BCUT2D eigenvalue weighted by atomic mass is 9.92. The Bertz CT molecular complexity index is 637. The first kappa shape index (κ1) is 13.8. The minimum absolute atomic E-state index is 0.311. The number of rotatable bonds is 4. The number of carbonyl (C=O) groups is 1. The molecule has 0 bridgehead atoms. The molecule has 0 spiro atoms. The molecule has 4 nitrogen and oxygen atoms in total. The van der Waals surface area contributed by atoms with Gasteiger partial charge in [-0.3, -0.25) is 9.78 Å². The van der Waals surface area contributed by atoms with Crippen molar-refractivity contribution in [3.63, 3.8) is 0 Å². The van der Waals surface area contributed by atoms with Gasteiger partial charge in [-0.05, 0) is 48.6 Å². The van der Waals surface area contributed by atoms with Crippen LogP contribution in [0.4, 0.5) is 0 Å². The predicted octanol–water partition coefficient (Wildman–Crippen LogP) is 2.35. The van der Waals surface area contributed by atoms with Gasteiger partial charge >= 0.3 is 0 Å². The van der Waals surface area contributed by atoms with E-state index < -0.39 is 0 Å². The zero-order valence-electron chi connectivity index (χ0n) is 11.9. The second kappa shape index (κ2) is 6.06. The van der Waals surface area contributed by atoms with E-state index in [0.29, 0.717) is 11.6 Å². The van der Waals surface area contributed by atoms with Crippen LogP contribution < -0.4 is 11.1 Å². The Hall–Kier alpha value is -2.20. The molecule has 1 amide bonds. The molecule has 21 heavy (non-hydrogen) atoms. The highest BCUT2D eigenvalue weighted by atomic mass is 16.1. The number of hydrogen-bond donors (Lipinski definition) is 2. The topological polar surface area (TPSA) is 68.0 Å². The van der Waals surface area contributed by atoms with Gasteiger partial charge in [0, 0.05) is 18.3 Å². The zero-order valence-corrected chi connectivity index (χ0v) is 11.9. The number of primary amides is 1. The smallest absolute Gasteiger partial charge is 0.248 e. The Morgan fingerprint density at radius 1 is 1.29 bits per heavy atom. The average molecular weight is 281 g/mol. The van der Waals surface area contributed by atoms with Crippen molar-refractivity contribution in [3.05, 3.63) is 65.0 Å². The predicted molar refractivity (Wildman–Crippen MR) is 81.7 cm³/mol. The van der Waals surface area contributed by atoms with Gasteiger partial charge < -0.3 is 11.1 Å². The van der Waals surface area contributed by atoms with E-state index in [0.717, 1.165) is 24.9 Å². The largest absolute Gasteiger partial charge is 0.366 e. The molecule has 0 aliphatic heterocycles. The fourth-order valence-electron chi connectivity index (χ4n) is 2.84. The molecule has 0 fully saturated rings. The first-order valence-corrected chi connectivity index (χ1v) is 7.30. The van der Waals surface area contributed by atoms with Crippen molar-refractivity contribution in [2.45, 2.75) is 31.8 Å². The molecule has 1 aliphatic rings. The summed E-state index contributed by atoms with van der Waals surface area (Å²) in [5.74, 6) is -0.389. The number of amides is 1. The molecule has 2 aromatic rings. The van der Waals surface area contributed by atoms with Crippen molar-refractivity contribution >= 4 is 5.91 Å². The Balaban J connectivity index is 1.67. The maximum absolute atomic E-state index is 11.1. The van der Waals surface area contributed by atoms with E-state index in [4.69, 9.17) is 5.73 Å². The third-order valence-electron chi connectivity index (χ3n) is 3.99. The standard InChI is InChI=1S/C17H19N3O/c18-17(21)14-8-6-12(7-9-14)11-20-15-5-1-3-13-4-2-10-19-16(13)15/h2,4,6-10,15,20H,1,3,5,11H2,(H2,18,21). The van der Waals surface area contributed by atoms with Gasteiger partial charge in [-0.15, -0.1) is 0 Å². The van der Waals surface area contributed by atoms with Crippen LogP contribution in [-0.2, 0) is 13.0 Å². The van der Waals surface area contributed by atoms with Crippen molar-refractivity contribution in [1.82, 2.24) is 10.3 Å². The summed E-state index contributed by atoms with van der Waals surface area (Å²) >= 11 is 0. The molecule has 1 aromatic carbocycles. The minimum atomic E-state index is -0.389. The summed E-state index contributed by atoms with van der Waals surface area (Å²) in [4.78, 5) is 15.6. The van der Waals surface area contributed by atoms with Gasteiger partial charge in [0.15, 0.2) is 0 Å². The number of nitrogens with two attached hydrogens (primary N) is 1. The minimum Gasteiger partial charge on any atom is -0.366 e. The number of benzene rings is 1. The Morgan fingerprint density at radius 2 is 2.10 bits per heavy atom.